The fourth-order valence-corrected chi connectivity index (χ4v) is 2.05. The second-order valence-corrected chi connectivity index (χ2v) is 4.62. The maximum absolute atomic E-state index is 13.3. The van der Waals surface area contributed by atoms with Crippen LogP contribution >= 0.6 is 0 Å². The summed E-state index contributed by atoms with van der Waals surface area (Å²) in [5.74, 6) is -1.09. The molecule has 0 saturated heterocycles. The van der Waals surface area contributed by atoms with E-state index in [0.717, 1.165) is 6.07 Å². The largest absolute Gasteiger partial charge is 0.481 e. The Hall–Kier alpha value is -2.30. The van der Waals surface area contributed by atoms with Crippen molar-refractivity contribution < 1.29 is 18.7 Å². The van der Waals surface area contributed by atoms with Gasteiger partial charge in [0, 0.05) is 12.1 Å². The Balaban J connectivity index is 2.49. The van der Waals surface area contributed by atoms with Gasteiger partial charge in [0.05, 0.1) is 11.7 Å². The molecule has 0 fully saturated rings. The predicted molar refractivity (Wildman–Crippen MR) is 68.2 cm³/mol. The van der Waals surface area contributed by atoms with Crippen LogP contribution in [0.4, 0.5) is 10.1 Å². The third-order valence-corrected chi connectivity index (χ3v) is 3.19. The van der Waals surface area contributed by atoms with Crippen LogP contribution in [-0.2, 0) is 16.6 Å². The Bertz CT molecular complexity index is 595. The summed E-state index contributed by atoms with van der Waals surface area (Å²) in [5, 5.41) is 9.48. The van der Waals surface area contributed by atoms with E-state index in [0.29, 0.717) is 5.76 Å². The minimum Gasteiger partial charge on any atom is -0.481 e. The van der Waals surface area contributed by atoms with E-state index in [1.54, 1.807) is 12.1 Å². The van der Waals surface area contributed by atoms with Crippen molar-refractivity contribution in [3.05, 3.63) is 53.7 Å². The zero-order chi connectivity index (χ0) is 14.0. The van der Waals surface area contributed by atoms with Gasteiger partial charge in [-0.1, -0.05) is 0 Å². The minimum atomic E-state index is -1.34. The number of anilines is 1. The number of nitrogens with two attached hydrogens (primary N) is 1. The van der Waals surface area contributed by atoms with Crippen molar-refractivity contribution in [2.24, 2.45) is 0 Å². The van der Waals surface area contributed by atoms with Crippen LogP contribution in [-0.4, -0.2) is 11.1 Å². The SMILES string of the molecule is CC(Cc1ccco1)(C(=O)O)c1cc(F)ccc1N. The van der Waals surface area contributed by atoms with Crippen LogP contribution in [0.1, 0.15) is 18.2 Å². The Morgan fingerprint density at radius 1 is 1.47 bits per heavy atom. The van der Waals surface area contributed by atoms with Crippen molar-refractivity contribution in [1.29, 1.82) is 0 Å². The number of hydrogen-bond donors (Lipinski definition) is 2. The molecule has 1 aromatic heterocycles. The first kappa shape index (κ1) is 13.1. The highest BCUT2D eigenvalue weighted by Crippen LogP contribution is 2.33. The third-order valence-electron chi connectivity index (χ3n) is 3.19. The Morgan fingerprint density at radius 3 is 2.79 bits per heavy atom. The molecule has 0 aliphatic rings. The van der Waals surface area contributed by atoms with E-state index in [2.05, 4.69) is 0 Å². The third kappa shape index (κ3) is 2.45. The number of halogens is 1. The molecule has 0 saturated carbocycles. The van der Waals surface area contributed by atoms with Crippen molar-refractivity contribution in [1.82, 2.24) is 0 Å². The van der Waals surface area contributed by atoms with E-state index in [-0.39, 0.29) is 17.7 Å². The molecule has 0 aliphatic heterocycles. The lowest BCUT2D eigenvalue weighted by molar-refractivity contribution is -0.143. The number of benzene rings is 1. The topological polar surface area (TPSA) is 76.5 Å². The standard InChI is InChI=1S/C14H14FNO3/c1-14(13(17)18,8-10-3-2-6-19-10)11-7-9(15)4-5-12(11)16/h2-7H,8,16H2,1H3,(H,17,18). The predicted octanol–water partition coefficient (Wildman–Crippen LogP) is 2.59. The van der Waals surface area contributed by atoms with Gasteiger partial charge in [-0.15, -0.1) is 0 Å². The molecule has 1 heterocycles. The number of carbonyl (C=O) groups is 1. The number of furan rings is 1. The molecular formula is C14H14FNO3. The number of carboxylic acids is 1. The first-order chi connectivity index (χ1) is 8.93. The molecule has 0 spiro atoms. The molecule has 0 amide bonds. The van der Waals surface area contributed by atoms with E-state index < -0.39 is 17.2 Å². The second kappa shape index (κ2) is 4.76. The molecule has 2 rings (SSSR count). The molecule has 0 bridgehead atoms. The minimum absolute atomic E-state index is 0.100. The average Bonchev–Trinajstić information content (AvgIpc) is 2.84. The molecule has 2 aromatic rings. The van der Waals surface area contributed by atoms with Gasteiger partial charge in [0.15, 0.2) is 0 Å². The van der Waals surface area contributed by atoms with Crippen LogP contribution in [0.15, 0.2) is 41.0 Å². The van der Waals surface area contributed by atoms with Crippen molar-refractivity contribution in [3.63, 3.8) is 0 Å². The summed E-state index contributed by atoms with van der Waals surface area (Å²) in [6, 6.07) is 7.08. The van der Waals surface area contributed by atoms with E-state index in [1.807, 2.05) is 0 Å². The lowest BCUT2D eigenvalue weighted by Crippen LogP contribution is -2.35. The van der Waals surface area contributed by atoms with Gasteiger partial charge in [0.25, 0.3) is 0 Å². The number of hydrogen-bond acceptors (Lipinski definition) is 3. The smallest absolute Gasteiger partial charge is 0.314 e. The van der Waals surface area contributed by atoms with E-state index in [4.69, 9.17) is 10.2 Å². The van der Waals surface area contributed by atoms with Gasteiger partial charge < -0.3 is 15.3 Å². The van der Waals surface area contributed by atoms with Crippen LogP contribution in [0.2, 0.25) is 0 Å². The summed E-state index contributed by atoms with van der Waals surface area (Å²) in [5.41, 5.74) is 4.93. The zero-order valence-electron chi connectivity index (χ0n) is 10.4. The van der Waals surface area contributed by atoms with Crippen molar-refractivity contribution in [2.45, 2.75) is 18.8 Å². The molecule has 0 radical (unpaired) electrons. The number of nitrogen functional groups attached to an aromatic ring is 1. The molecular weight excluding hydrogens is 249 g/mol. The number of carboxylic acid groups (broad SMARTS) is 1. The summed E-state index contributed by atoms with van der Waals surface area (Å²) in [6.45, 7) is 1.50. The molecule has 19 heavy (non-hydrogen) atoms. The summed E-state index contributed by atoms with van der Waals surface area (Å²) < 4.78 is 18.5. The summed E-state index contributed by atoms with van der Waals surface area (Å²) in [4.78, 5) is 11.6. The van der Waals surface area contributed by atoms with Crippen molar-refractivity contribution in [3.8, 4) is 0 Å². The summed E-state index contributed by atoms with van der Waals surface area (Å²) in [7, 11) is 0. The highest BCUT2D eigenvalue weighted by atomic mass is 19.1. The lowest BCUT2D eigenvalue weighted by atomic mass is 9.78. The molecule has 3 N–H and O–H groups in total. The maximum Gasteiger partial charge on any atom is 0.314 e. The molecule has 100 valence electrons. The van der Waals surface area contributed by atoms with Crippen LogP contribution in [0.3, 0.4) is 0 Å². The quantitative estimate of drug-likeness (QED) is 0.831. The summed E-state index contributed by atoms with van der Waals surface area (Å²) in [6.07, 6.45) is 1.57. The summed E-state index contributed by atoms with van der Waals surface area (Å²) >= 11 is 0. The molecule has 0 aliphatic carbocycles. The van der Waals surface area contributed by atoms with Gasteiger partial charge in [-0.2, -0.15) is 0 Å². The molecule has 4 nitrogen and oxygen atoms in total. The van der Waals surface area contributed by atoms with Crippen LogP contribution in [0.5, 0.6) is 0 Å². The van der Waals surface area contributed by atoms with Gasteiger partial charge >= 0.3 is 5.97 Å². The zero-order valence-corrected chi connectivity index (χ0v) is 10.4. The van der Waals surface area contributed by atoms with Gasteiger partial charge in [0.2, 0.25) is 0 Å². The Morgan fingerprint density at radius 2 is 2.21 bits per heavy atom. The molecule has 1 aromatic carbocycles. The van der Waals surface area contributed by atoms with Gasteiger partial charge in [-0.3, -0.25) is 4.79 Å². The molecule has 1 atom stereocenters. The number of rotatable bonds is 4. The fraction of sp³-hybridized carbons (Fsp3) is 0.214. The Kier molecular flexibility index (Phi) is 3.29. The van der Waals surface area contributed by atoms with E-state index in [9.17, 15) is 14.3 Å². The Labute approximate surface area is 109 Å². The van der Waals surface area contributed by atoms with E-state index in [1.165, 1.54) is 25.3 Å². The number of aliphatic carboxylic acids is 1. The van der Waals surface area contributed by atoms with Gasteiger partial charge in [-0.05, 0) is 42.8 Å². The molecule has 1 unspecified atom stereocenters. The van der Waals surface area contributed by atoms with E-state index >= 15 is 0 Å². The van der Waals surface area contributed by atoms with Crippen LogP contribution in [0, 0.1) is 5.82 Å². The average molecular weight is 263 g/mol. The van der Waals surface area contributed by atoms with Crippen LogP contribution in [0.25, 0.3) is 0 Å². The van der Waals surface area contributed by atoms with Crippen LogP contribution < -0.4 is 5.73 Å². The second-order valence-electron chi connectivity index (χ2n) is 4.62. The molecule has 5 heteroatoms. The maximum atomic E-state index is 13.3. The van der Waals surface area contributed by atoms with Gasteiger partial charge in [-0.25, -0.2) is 4.39 Å². The normalized spacial score (nSPS) is 14.0. The monoisotopic (exact) mass is 263 g/mol. The van der Waals surface area contributed by atoms with Gasteiger partial charge in [0.1, 0.15) is 11.6 Å². The lowest BCUT2D eigenvalue weighted by Gasteiger charge is -2.25. The fourth-order valence-electron chi connectivity index (χ4n) is 2.05. The highest BCUT2D eigenvalue weighted by molar-refractivity contribution is 5.83. The van der Waals surface area contributed by atoms with Crippen molar-refractivity contribution in [2.75, 3.05) is 5.73 Å². The first-order valence-electron chi connectivity index (χ1n) is 5.75. The highest BCUT2D eigenvalue weighted by Gasteiger charge is 2.38. The first-order valence-corrected chi connectivity index (χ1v) is 5.75. The van der Waals surface area contributed by atoms with Crippen molar-refractivity contribution >= 4 is 11.7 Å².